The number of methoxy groups -OCH3 is 3. The van der Waals surface area contributed by atoms with Gasteiger partial charge in [-0.05, 0) is 32.0 Å². The maximum Gasteiger partial charge on any atom is 0.164 e. The highest BCUT2D eigenvalue weighted by Crippen LogP contribution is 2.35. The molecule has 18 heavy (non-hydrogen) atoms. The number of hydrogen-bond donors (Lipinski definition) is 0. The molecule has 0 aromatic heterocycles. The normalized spacial score (nSPS) is 15.7. The van der Waals surface area contributed by atoms with Crippen molar-refractivity contribution in [2.24, 2.45) is 0 Å². The SMILES string of the molecule is COc1cc(OC)c(OC)cc1CN1CCCC1. The zero-order valence-electron chi connectivity index (χ0n) is 11.4. The lowest BCUT2D eigenvalue weighted by Crippen LogP contribution is -2.18. The van der Waals surface area contributed by atoms with E-state index in [9.17, 15) is 0 Å². The molecule has 0 spiro atoms. The maximum atomic E-state index is 5.44. The lowest BCUT2D eigenvalue weighted by Gasteiger charge is -2.19. The number of benzene rings is 1. The van der Waals surface area contributed by atoms with E-state index in [2.05, 4.69) is 4.90 Å². The average molecular weight is 251 g/mol. The molecule has 0 radical (unpaired) electrons. The van der Waals surface area contributed by atoms with E-state index in [0.29, 0.717) is 5.75 Å². The average Bonchev–Trinajstić information content (AvgIpc) is 2.91. The molecule has 1 aromatic carbocycles. The molecule has 1 saturated heterocycles. The Hall–Kier alpha value is -1.42. The Labute approximate surface area is 108 Å². The predicted molar refractivity (Wildman–Crippen MR) is 70.6 cm³/mol. The standard InChI is InChI=1S/C14H21NO3/c1-16-12-9-14(18-3)13(17-2)8-11(12)10-15-6-4-5-7-15/h8-9H,4-7,10H2,1-3H3. The Morgan fingerprint density at radius 2 is 1.44 bits per heavy atom. The highest BCUT2D eigenvalue weighted by molar-refractivity contribution is 5.50. The molecule has 1 aromatic rings. The van der Waals surface area contributed by atoms with E-state index in [1.165, 1.54) is 12.8 Å². The van der Waals surface area contributed by atoms with Crippen molar-refractivity contribution >= 4 is 0 Å². The molecule has 0 unspecified atom stereocenters. The van der Waals surface area contributed by atoms with Crippen molar-refractivity contribution in [3.63, 3.8) is 0 Å². The van der Waals surface area contributed by atoms with Crippen LogP contribution in [0.3, 0.4) is 0 Å². The van der Waals surface area contributed by atoms with Gasteiger partial charge >= 0.3 is 0 Å². The van der Waals surface area contributed by atoms with Gasteiger partial charge in [-0.2, -0.15) is 0 Å². The molecule has 0 saturated carbocycles. The van der Waals surface area contributed by atoms with Crippen LogP contribution in [0, 0.1) is 0 Å². The van der Waals surface area contributed by atoms with Crippen LogP contribution in [0.15, 0.2) is 12.1 Å². The smallest absolute Gasteiger partial charge is 0.164 e. The fourth-order valence-corrected chi connectivity index (χ4v) is 2.40. The fourth-order valence-electron chi connectivity index (χ4n) is 2.40. The van der Waals surface area contributed by atoms with Gasteiger partial charge in [-0.25, -0.2) is 0 Å². The molecular weight excluding hydrogens is 230 g/mol. The molecule has 4 heteroatoms. The first-order valence-corrected chi connectivity index (χ1v) is 6.29. The lowest BCUT2D eigenvalue weighted by molar-refractivity contribution is 0.314. The van der Waals surface area contributed by atoms with Crippen molar-refractivity contribution in [3.05, 3.63) is 17.7 Å². The van der Waals surface area contributed by atoms with E-state index >= 15 is 0 Å². The van der Waals surface area contributed by atoms with Crippen LogP contribution in [0.4, 0.5) is 0 Å². The van der Waals surface area contributed by atoms with Gasteiger partial charge in [-0.1, -0.05) is 0 Å². The third-order valence-corrected chi connectivity index (χ3v) is 3.38. The summed E-state index contributed by atoms with van der Waals surface area (Å²) in [5.74, 6) is 2.33. The summed E-state index contributed by atoms with van der Waals surface area (Å²) in [4.78, 5) is 2.43. The summed E-state index contributed by atoms with van der Waals surface area (Å²) < 4.78 is 16.1. The van der Waals surface area contributed by atoms with Gasteiger partial charge in [-0.15, -0.1) is 0 Å². The van der Waals surface area contributed by atoms with Crippen molar-refractivity contribution in [2.45, 2.75) is 19.4 Å². The van der Waals surface area contributed by atoms with Gasteiger partial charge in [0.15, 0.2) is 11.5 Å². The lowest BCUT2D eigenvalue weighted by atomic mass is 10.1. The van der Waals surface area contributed by atoms with Crippen LogP contribution in [-0.2, 0) is 6.54 Å². The number of likely N-dealkylation sites (tertiary alicyclic amines) is 1. The van der Waals surface area contributed by atoms with Gasteiger partial charge in [0.2, 0.25) is 0 Å². The maximum absolute atomic E-state index is 5.44. The predicted octanol–water partition coefficient (Wildman–Crippen LogP) is 2.31. The van der Waals surface area contributed by atoms with E-state index < -0.39 is 0 Å². The third-order valence-electron chi connectivity index (χ3n) is 3.38. The van der Waals surface area contributed by atoms with Crippen molar-refractivity contribution in [3.8, 4) is 17.2 Å². The van der Waals surface area contributed by atoms with Crippen LogP contribution in [0.5, 0.6) is 17.2 Å². The largest absolute Gasteiger partial charge is 0.496 e. The minimum absolute atomic E-state index is 0.708. The second-order valence-corrected chi connectivity index (χ2v) is 4.50. The zero-order valence-corrected chi connectivity index (χ0v) is 11.4. The summed E-state index contributed by atoms with van der Waals surface area (Å²) in [5, 5.41) is 0. The Bertz CT molecular complexity index is 400. The van der Waals surface area contributed by atoms with Gasteiger partial charge < -0.3 is 14.2 Å². The van der Waals surface area contributed by atoms with Crippen LogP contribution in [-0.4, -0.2) is 39.3 Å². The summed E-state index contributed by atoms with van der Waals surface area (Å²) >= 11 is 0. The molecule has 0 aliphatic carbocycles. The number of ether oxygens (including phenoxy) is 3. The van der Waals surface area contributed by atoms with Crippen LogP contribution in [0.25, 0.3) is 0 Å². The first-order chi connectivity index (χ1) is 8.78. The molecule has 0 N–H and O–H groups in total. The summed E-state index contributed by atoms with van der Waals surface area (Å²) in [7, 11) is 4.98. The van der Waals surface area contributed by atoms with Crippen LogP contribution in [0.1, 0.15) is 18.4 Å². The van der Waals surface area contributed by atoms with Crippen molar-refractivity contribution in [2.75, 3.05) is 34.4 Å². The Morgan fingerprint density at radius 3 is 2.00 bits per heavy atom. The Morgan fingerprint density at radius 1 is 0.889 bits per heavy atom. The van der Waals surface area contributed by atoms with Crippen LogP contribution >= 0.6 is 0 Å². The molecule has 0 bridgehead atoms. The zero-order chi connectivity index (χ0) is 13.0. The van der Waals surface area contributed by atoms with Gasteiger partial charge in [0.25, 0.3) is 0 Å². The highest BCUT2D eigenvalue weighted by Gasteiger charge is 2.17. The first kappa shape index (κ1) is 13.0. The summed E-state index contributed by atoms with van der Waals surface area (Å²) in [6.45, 7) is 3.23. The fraction of sp³-hybridized carbons (Fsp3) is 0.571. The topological polar surface area (TPSA) is 30.9 Å². The third kappa shape index (κ3) is 2.70. The molecule has 1 aliphatic rings. The minimum Gasteiger partial charge on any atom is -0.496 e. The summed E-state index contributed by atoms with van der Waals surface area (Å²) in [6, 6.07) is 3.90. The quantitative estimate of drug-likeness (QED) is 0.803. The summed E-state index contributed by atoms with van der Waals surface area (Å²) in [5.41, 5.74) is 1.15. The molecule has 0 amide bonds. The molecule has 100 valence electrons. The molecular formula is C14H21NO3. The second kappa shape index (κ2) is 5.96. The van der Waals surface area contributed by atoms with Crippen molar-refractivity contribution in [1.29, 1.82) is 0 Å². The second-order valence-electron chi connectivity index (χ2n) is 4.50. The Balaban J connectivity index is 2.26. The van der Waals surface area contributed by atoms with Gasteiger partial charge in [0, 0.05) is 18.2 Å². The molecule has 2 rings (SSSR count). The first-order valence-electron chi connectivity index (χ1n) is 6.29. The molecule has 4 nitrogen and oxygen atoms in total. The van der Waals surface area contributed by atoms with E-state index in [1.807, 2.05) is 12.1 Å². The molecule has 1 aliphatic heterocycles. The van der Waals surface area contributed by atoms with E-state index in [0.717, 1.165) is 36.7 Å². The molecule has 0 atom stereocenters. The van der Waals surface area contributed by atoms with Gasteiger partial charge in [-0.3, -0.25) is 4.90 Å². The van der Waals surface area contributed by atoms with Gasteiger partial charge in [0.05, 0.1) is 21.3 Å². The summed E-state index contributed by atoms with van der Waals surface area (Å²) in [6.07, 6.45) is 2.57. The Kier molecular flexibility index (Phi) is 4.31. The number of nitrogens with zero attached hydrogens (tertiary/aromatic N) is 1. The van der Waals surface area contributed by atoms with Crippen molar-refractivity contribution in [1.82, 2.24) is 4.90 Å². The number of hydrogen-bond acceptors (Lipinski definition) is 4. The van der Waals surface area contributed by atoms with Crippen molar-refractivity contribution < 1.29 is 14.2 Å². The van der Waals surface area contributed by atoms with E-state index in [4.69, 9.17) is 14.2 Å². The van der Waals surface area contributed by atoms with Crippen LogP contribution in [0.2, 0.25) is 0 Å². The van der Waals surface area contributed by atoms with E-state index in [1.54, 1.807) is 21.3 Å². The van der Waals surface area contributed by atoms with Gasteiger partial charge in [0.1, 0.15) is 5.75 Å². The molecule has 1 heterocycles. The van der Waals surface area contributed by atoms with Crippen LogP contribution < -0.4 is 14.2 Å². The molecule has 1 fully saturated rings. The van der Waals surface area contributed by atoms with E-state index in [-0.39, 0.29) is 0 Å². The monoisotopic (exact) mass is 251 g/mol. The minimum atomic E-state index is 0.708. The highest BCUT2D eigenvalue weighted by atomic mass is 16.5. The number of rotatable bonds is 5.